The number of carboxylic acid groups (broad SMARTS) is 1. The summed E-state index contributed by atoms with van der Waals surface area (Å²) in [6.07, 6.45) is -0.837. The highest BCUT2D eigenvalue weighted by atomic mass is 16.4. The summed E-state index contributed by atoms with van der Waals surface area (Å²) in [6.45, 7) is 9.73. The van der Waals surface area contributed by atoms with Crippen LogP contribution in [0.1, 0.15) is 44.9 Å². The van der Waals surface area contributed by atoms with Crippen LogP contribution in [0, 0.1) is 5.92 Å². The largest absolute Gasteiger partial charge is 0.465 e. The molecule has 1 amide bonds. The number of rotatable bonds is 5. The van der Waals surface area contributed by atoms with Gasteiger partial charge in [-0.3, -0.25) is 4.90 Å². The maximum atomic E-state index is 11.8. The first-order chi connectivity index (χ1) is 12.8. The molecule has 2 aromatic carbocycles. The van der Waals surface area contributed by atoms with Gasteiger partial charge in [-0.15, -0.1) is 0 Å². The van der Waals surface area contributed by atoms with Gasteiger partial charge in [0.25, 0.3) is 0 Å². The Morgan fingerprint density at radius 2 is 1.44 bits per heavy atom. The molecule has 1 N–H and O–H groups in total. The lowest BCUT2D eigenvalue weighted by Gasteiger charge is -2.51. The van der Waals surface area contributed by atoms with E-state index in [4.69, 9.17) is 0 Å². The van der Waals surface area contributed by atoms with E-state index in [9.17, 15) is 9.90 Å². The van der Waals surface area contributed by atoms with Crippen molar-refractivity contribution in [3.63, 3.8) is 0 Å². The van der Waals surface area contributed by atoms with Gasteiger partial charge in [0.1, 0.15) is 0 Å². The summed E-state index contributed by atoms with van der Waals surface area (Å²) in [5.41, 5.74) is 2.16. The fourth-order valence-electron chi connectivity index (χ4n) is 4.23. The summed E-state index contributed by atoms with van der Waals surface area (Å²) >= 11 is 0. The first-order valence-electron chi connectivity index (χ1n) is 9.65. The molecule has 1 heterocycles. The molecule has 4 heteroatoms. The molecule has 144 valence electrons. The van der Waals surface area contributed by atoms with Gasteiger partial charge in [-0.05, 0) is 38.8 Å². The predicted molar refractivity (Wildman–Crippen MR) is 109 cm³/mol. The van der Waals surface area contributed by atoms with Crippen LogP contribution < -0.4 is 0 Å². The van der Waals surface area contributed by atoms with E-state index >= 15 is 0 Å². The summed E-state index contributed by atoms with van der Waals surface area (Å²) in [5, 5.41) is 9.69. The predicted octanol–water partition coefficient (Wildman–Crippen LogP) is 4.87. The highest BCUT2D eigenvalue weighted by molar-refractivity contribution is 5.66. The zero-order valence-corrected chi connectivity index (χ0v) is 16.7. The second-order valence-corrected chi connectivity index (χ2v) is 8.50. The number of nitrogens with zero attached hydrogens (tertiary/aromatic N) is 2. The molecule has 4 nitrogen and oxygen atoms in total. The normalized spacial score (nSPS) is 16.8. The van der Waals surface area contributed by atoms with Crippen LogP contribution in [0.4, 0.5) is 4.79 Å². The molecule has 1 aliphatic rings. The summed E-state index contributed by atoms with van der Waals surface area (Å²) in [6, 6.07) is 21.3. The minimum absolute atomic E-state index is 0.00838. The molecule has 0 bridgehead atoms. The van der Waals surface area contributed by atoms with Crippen LogP contribution in [-0.4, -0.2) is 45.7 Å². The van der Waals surface area contributed by atoms with Crippen molar-refractivity contribution in [3.05, 3.63) is 71.8 Å². The smallest absolute Gasteiger partial charge is 0.407 e. The molecule has 1 unspecified atom stereocenters. The monoisotopic (exact) mass is 366 g/mol. The van der Waals surface area contributed by atoms with Crippen molar-refractivity contribution in [2.75, 3.05) is 13.1 Å². The van der Waals surface area contributed by atoms with Gasteiger partial charge in [0.05, 0.1) is 6.04 Å². The quantitative estimate of drug-likeness (QED) is 0.820. The lowest BCUT2D eigenvalue weighted by atomic mass is 9.85. The van der Waals surface area contributed by atoms with Crippen LogP contribution in [0.25, 0.3) is 0 Å². The molecule has 0 aromatic heterocycles. The Morgan fingerprint density at radius 3 is 1.81 bits per heavy atom. The summed E-state index contributed by atoms with van der Waals surface area (Å²) in [5.74, 6) is 0.343. The molecule has 0 aliphatic carbocycles. The molecule has 2 aromatic rings. The number of likely N-dealkylation sites (tertiary alicyclic amines) is 1. The molecule has 3 rings (SSSR count). The van der Waals surface area contributed by atoms with Crippen molar-refractivity contribution in [1.29, 1.82) is 0 Å². The zero-order valence-electron chi connectivity index (χ0n) is 16.7. The standard InChI is InChI=1S/C23H30N2O2/c1-17(25(22(26)27)23(2,3)4)20-15-24(16-20)21(18-11-7-5-8-12-18)19-13-9-6-10-14-19/h5-14,17,20-21H,15-16H2,1-4H3,(H,26,27). The number of carbonyl (C=O) groups is 1. The van der Waals surface area contributed by atoms with Crippen molar-refractivity contribution < 1.29 is 9.90 Å². The minimum Gasteiger partial charge on any atom is -0.465 e. The number of benzene rings is 2. The Kier molecular flexibility index (Phi) is 5.56. The number of amides is 1. The third-order valence-corrected chi connectivity index (χ3v) is 5.55. The van der Waals surface area contributed by atoms with Gasteiger partial charge in [0.15, 0.2) is 0 Å². The molecule has 0 spiro atoms. The fraction of sp³-hybridized carbons (Fsp3) is 0.435. The lowest BCUT2D eigenvalue weighted by Crippen LogP contribution is -2.61. The summed E-state index contributed by atoms with van der Waals surface area (Å²) in [7, 11) is 0. The maximum Gasteiger partial charge on any atom is 0.407 e. The van der Waals surface area contributed by atoms with E-state index < -0.39 is 11.6 Å². The van der Waals surface area contributed by atoms with E-state index in [-0.39, 0.29) is 12.1 Å². The van der Waals surface area contributed by atoms with Gasteiger partial charge in [-0.1, -0.05) is 60.7 Å². The Morgan fingerprint density at radius 1 is 1.00 bits per heavy atom. The first kappa shape index (κ1) is 19.4. The van der Waals surface area contributed by atoms with E-state index in [0.717, 1.165) is 13.1 Å². The average molecular weight is 367 g/mol. The van der Waals surface area contributed by atoms with E-state index in [1.807, 2.05) is 39.8 Å². The van der Waals surface area contributed by atoms with Crippen molar-refractivity contribution in [2.45, 2.75) is 45.3 Å². The highest BCUT2D eigenvalue weighted by Gasteiger charge is 2.42. The molecule has 0 saturated carbocycles. The SMILES string of the molecule is CC(C1CN(C(c2ccccc2)c2ccccc2)C1)N(C(=O)O)C(C)(C)C. The van der Waals surface area contributed by atoms with Gasteiger partial charge in [-0.25, -0.2) is 4.79 Å². The number of hydrogen-bond donors (Lipinski definition) is 1. The summed E-state index contributed by atoms with van der Waals surface area (Å²) < 4.78 is 0. The van der Waals surface area contributed by atoms with Gasteiger partial charge < -0.3 is 10.0 Å². The highest BCUT2D eigenvalue weighted by Crippen LogP contribution is 2.37. The molecule has 0 radical (unpaired) electrons. The van der Waals surface area contributed by atoms with E-state index in [1.165, 1.54) is 11.1 Å². The molecule has 1 fully saturated rings. The second kappa shape index (κ2) is 7.73. The van der Waals surface area contributed by atoms with Crippen molar-refractivity contribution in [1.82, 2.24) is 9.80 Å². The van der Waals surface area contributed by atoms with Gasteiger partial charge in [-0.2, -0.15) is 0 Å². The van der Waals surface area contributed by atoms with Gasteiger partial charge >= 0.3 is 6.09 Å². The second-order valence-electron chi connectivity index (χ2n) is 8.50. The van der Waals surface area contributed by atoms with Crippen molar-refractivity contribution >= 4 is 6.09 Å². The minimum atomic E-state index is -0.837. The molecule has 27 heavy (non-hydrogen) atoms. The fourth-order valence-corrected chi connectivity index (χ4v) is 4.23. The Bertz CT molecular complexity index is 709. The van der Waals surface area contributed by atoms with Crippen LogP contribution in [0.5, 0.6) is 0 Å². The van der Waals surface area contributed by atoms with E-state index in [1.54, 1.807) is 4.90 Å². The maximum absolute atomic E-state index is 11.8. The average Bonchev–Trinajstić information content (AvgIpc) is 2.57. The van der Waals surface area contributed by atoms with Crippen molar-refractivity contribution in [2.24, 2.45) is 5.92 Å². The van der Waals surface area contributed by atoms with Crippen molar-refractivity contribution in [3.8, 4) is 0 Å². The van der Waals surface area contributed by atoms with E-state index in [0.29, 0.717) is 5.92 Å². The first-order valence-corrected chi connectivity index (χ1v) is 9.65. The van der Waals surface area contributed by atoms with Crippen LogP contribution in [0.2, 0.25) is 0 Å². The Balaban J connectivity index is 1.78. The lowest BCUT2D eigenvalue weighted by molar-refractivity contribution is -0.0130. The molecule has 1 atom stereocenters. The molecule has 1 saturated heterocycles. The molecular formula is C23H30N2O2. The van der Waals surface area contributed by atoms with Crippen LogP contribution in [-0.2, 0) is 0 Å². The summed E-state index contributed by atoms with van der Waals surface area (Å²) in [4.78, 5) is 15.9. The van der Waals surface area contributed by atoms with Crippen LogP contribution in [0.15, 0.2) is 60.7 Å². The Hall–Kier alpha value is -2.33. The molecule has 1 aliphatic heterocycles. The zero-order chi connectivity index (χ0) is 19.6. The topological polar surface area (TPSA) is 43.8 Å². The number of hydrogen-bond acceptors (Lipinski definition) is 2. The van der Waals surface area contributed by atoms with Crippen LogP contribution >= 0.6 is 0 Å². The van der Waals surface area contributed by atoms with Crippen LogP contribution in [0.3, 0.4) is 0 Å². The van der Waals surface area contributed by atoms with Gasteiger partial charge in [0.2, 0.25) is 0 Å². The molecular weight excluding hydrogens is 336 g/mol. The van der Waals surface area contributed by atoms with Gasteiger partial charge in [0, 0.05) is 30.6 Å². The third kappa shape index (κ3) is 4.16. The van der Waals surface area contributed by atoms with E-state index in [2.05, 4.69) is 53.4 Å². The Labute approximate surface area is 162 Å². The third-order valence-electron chi connectivity index (χ3n) is 5.55.